The lowest BCUT2D eigenvalue weighted by molar-refractivity contribution is -0.145. The molecule has 0 unspecified atom stereocenters. The van der Waals surface area contributed by atoms with Gasteiger partial charge in [-0.05, 0) is 46.0 Å². The van der Waals surface area contributed by atoms with E-state index in [4.69, 9.17) is 13.9 Å². The Morgan fingerprint density at radius 3 is 1.91 bits per heavy atom. The summed E-state index contributed by atoms with van der Waals surface area (Å²) < 4.78 is 16.9. The van der Waals surface area contributed by atoms with E-state index in [2.05, 4.69) is 41.5 Å². The SMILES string of the molecule is COC(=O)C/C(=C/c1ccc(O[Si](C(C)C)(C(C)C)C(C)C)cc1)C(=O)OCc1ccccc1. The number of rotatable bonds is 11. The molecule has 34 heavy (non-hydrogen) atoms. The molecule has 0 heterocycles. The maximum absolute atomic E-state index is 12.7. The largest absolute Gasteiger partial charge is 0.543 e. The number of ether oxygens (including phenoxy) is 2. The van der Waals surface area contributed by atoms with Crippen molar-refractivity contribution in [2.75, 3.05) is 7.11 Å². The lowest BCUT2D eigenvalue weighted by Crippen LogP contribution is -2.50. The molecule has 2 aromatic carbocycles. The summed E-state index contributed by atoms with van der Waals surface area (Å²) in [7, 11) is -0.755. The molecule has 0 atom stereocenters. The fourth-order valence-corrected chi connectivity index (χ4v) is 9.87. The number of hydrogen-bond acceptors (Lipinski definition) is 5. The van der Waals surface area contributed by atoms with Crippen LogP contribution < -0.4 is 4.43 Å². The summed E-state index contributed by atoms with van der Waals surface area (Å²) in [6, 6.07) is 17.1. The Labute approximate surface area is 205 Å². The van der Waals surface area contributed by atoms with Gasteiger partial charge in [0.05, 0.1) is 13.5 Å². The van der Waals surface area contributed by atoms with Crippen molar-refractivity contribution in [3.8, 4) is 5.75 Å². The molecule has 184 valence electrons. The predicted molar refractivity (Wildman–Crippen MR) is 139 cm³/mol. The number of esters is 2. The molecule has 0 radical (unpaired) electrons. The molecule has 0 amide bonds. The van der Waals surface area contributed by atoms with Crippen LogP contribution in [0.15, 0.2) is 60.2 Å². The molecule has 0 fully saturated rings. The third kappa shape index (κ3) is 7.07. The summed E-state index contributed by atoms with van der Waals surface area (Å²) in [4.78, 5) is 24.6. The Balaban J connectivity index is 2.24. The Hall–Kier alpha value is -2.86. The third-order valence-electron chi connectivity index (χ3n) is 6.26. The summed E-state index contributed by atoms with van der Waals surface area (Å²) >= 11 is 0. The fraction of sp³-hybridized carbons (Fsp3) is 0.429. The Morgan fingerprint density at radius 2 is 1.41 bits per heavy atom. The number of carbonyl (C=O) groups excluding carboxylic acids is 2. The van der Waals surface area contributed by atoms with Crippen molar-refractivity contribution in [3.05, 3.63) is 71.3 Å². The van der Waals surface area contributed by atoms with E-state index in [-0.39, 0.29) is 18.6 Å². The fourth-order valence-electron chi connectivity index (χ4n) is 4.62. The van der Waals surface area contributed by atoms with Crippen LogP contribution in [0.5, 0.6) is 5.75 Å². The van der Waals surface area contributed by atoms with Gasteiger partial charge in [0.15, 0.2) is 0 Å². The molecule has 6 heteroatoms. The molecule has 0 spiro atoms. The second-order valence-electron chi connectivity index (χ2n) is 9.47. The van der Waals surface area contributed by atoms with E-state index in [1.165, 1.54) is 7.11 Å². The first-order chi connectivity index (χ1) is 16.1. The molecular formula is C28H38O5Si. The topological polar surface area (TPSA) is 61.8 Å². The van der Waals surface area contributed by atoms with E-state index in [0.29, 0.717) is 16.6 Å². The highest BCUT2D eigenvalue weighted by atomic mass is 28.4. The number of carbonyl (C=O) groups is 2. The van der Waals surface area contributed by atoms with Gasteiger partial charge in [0.1, 0.15) is 12.4 Å². The van der Waals surface area contributed by atoms with Gasteiger partial charge >= 0.3 is 11.9 Å². The molecular weight excluding hydrogens is 444 g/mol. The van der Waals surface area contributed by atoms with Crippen LogP contribution in [-0.2, 0) is 25.7 Å². The Bertz CT molecular complexity index is 940. The van der Waals surface area contributed by atoms with Gasteiger partial charge in [0.2, 0.25) is 0 Å². The van der Waals surface area contributed by atoms with E-state index in [0.717, 1.165) is 16.9 Å². The molecule has 0 saturated heterocycles. The summed E-state index contributed by atoms with van der Waals surface area (Å²) in [5.41, 5.74) is 3.32. The maximum atomic E-state index is 12.7. The molecule has 0 aliphatic rings. The zero-order valence-electron chi connectivity index (χ0n) is 21.5. The first-order valence-electron chi connectivity index (χ1n) is 11.9. The normalized spacial score (nSPS) is 12.2. The third-order valence-corrected chi connectivity index (χ3v) is 12.3. The van der Waals surface area contributed by atoms with Crippen LogP contribution in [0.2, 0.25) is 16.6 Å². The average molecular weight is 483 g/mol. The van der Waals surface area contributed by atoms with Crippen LogP contribution in [0, 0.1) is 0 Å². The van der Waals surface area contributed by atoms with Gasteiger partial charge in [-0.1, -0.05) is 84.0 Å². The van der Waals surface area contributed by atoms with Crippen molar-refractivity contribution >= 4 is 26.3 Å². The molecule has 0 aromatic heterocycles. The Kier molecular flexibility index (Phi) is 10.1. The van der Waals surface area contributed by atoms with Crippen molar-refractivity contribution in [1.29, 1.82) is 0 Å². The molecule has 2 aromatic rings. The minimum absolute atomic E-state index is 0.136. The molecule has 0 bridgehead atoms. The molecule has 2 rings (SSSR count). The van der Waals surface area contributed by atoms with E-state index < -0.39 is 20.3 Å². The minimum Gasteiger partial charge on any atom is -0.543 e. The first-order valence-corrected chi connectivity index (χ1v) is 14.0. The molecule has 0 saturated carbocycles. The molecule has 0 N–H and O–H groups in total. The first kappa shape index (κ1) is 27.4. The monoisotopic (exact) mass is 482 g/mol. The summed E-state index contributed by atoms with van der Waals surface area (Å²) in [6.07, 6.45) is 1.51. The van der Waals surface area contributed by atoms with Crippen LogP contribution in [0.25, 0.3) is 6.08 Å². The minimum atomic E-state index is -2.06. The van der Waals surface area contributed by atoms with Crippen molar-refractivity contribution in [2.45, 2.75) is 71.2 Å². The number of hydrogen-bond donors (Lipinski definition) is 0. The zero-order valence-corrected chi connectivity index (χ0v) is 22.5. The second kappa shape index (κ2) is 12.6. The lowest BCUT2D eigenvalue weighted by Gasteiger charge is -2.42. The van der Waals surface area contributed by atoms with Crippen LogP contribution in [-0.4, -0.2) is 27.4 Å². The van der Waals surface area contributed by atoms with Crippen molar-refractivity contribution in [1.82, 2.24) is 0 Å². The van der Waals surface area contributed by atoms with Gasteiger partial charge in [-0.2, -0.15) is 0 Å². The molecule has 0 aliphatic carbocycles. The maximum Gasteiger partial charge on any atom is 0.334 e. The quantitative estimate of drug-likeness (QED) is 0.197. The Morgan fingerprint density at radius 1 is 0.853 bits per heavy atom. The number of benzene rings is 2. The molecule has 0 aliphatic heterocycles. The van der Waals surface area contributed by atoms with Crippen LogP contribution in [0.4, 0.5) is 0 Å². The summed E-state index contributed by atoms with van der Waals surface area (Å²) in [5.74, 6) is -0.203. The highest BCUT2D eigenvalue weighted by Gasteiger charge is 2.46. The van der Waals surface area contributed by atoms with Gasteiger partial charge in [0.25, 0.3) is 8.32 Å². The van der Waals surface area contributed by atoms with E-state index in [9.17, 15) is 9.59 Å². The van der Waals surface area contributed by atoms with E-state index in [1.807, 2.05) is 54.6 Å². The van der Waals surface area contributed by atoms with Crippen molar-refractivity contribution in [3.63, 3.8) is 0 Å². The van der Waals surface area contributed by atoms with Crippen LogP contribution >= 0.6 is 0 Å². The van der Waals surface area contributed by atoms with E-state index in [1.54, 1.807) is 6.08 Å². The number of methoxy groups -OCH3 is 1. The average Bonchev–Trinajstić information content (AvgIpc) is 2.81. The highest BCUT2D eigenvalue weighted by Crippen LogP contribution is 2.42. The van der Waals surface area contributed by atoms with Gasteiger partial charge in [-0.15, -0.1) is 0 Å². The van der Waals surface area contributed by atoms with Gasteiger partial charge in [0, 0.05) is 5.57 Å². The van der Waals surface area contributed by atoms with Crippen molar-refractivity contribution < 1.29 is 23.5 Å². The van der Waals surface area contributed by atoms with Gasteiger partial charge < -0.3 is 13.9 Å². The lowest BCUT2D eigenvalue weighted by atomic mass is 10.1. The summed E-state index contributed by atoms with van der Waals surface area (Å²) in [6.45, 7) is 13.7. The van der Waals surface area contributed by atoms with Crippen LogP contribution in [0.3, 0.4) is 0 Å². The zero-order chi connectivity index (χ0) is 25.3. The molecule has 5 nitrogen and oxygen atoms in total. The van der Waals surface area contributed by atoms with Gasteiger partial charge in [-0.3, -0.25) is 4.79 Å². The van der Waals surface area contributed by atoms with Gasteiger partial charge in [-0.25, -0.2) is 4.79 Å². The standard InChI is InChI=1S/C28H38O5Si/c1-20(2)34(21(3)4,22(5)6)33-26-15-13-23(14-16-26)17-25(18-27(29)31-7)28(30)32-19-24-11-9-8-10-12-24/h8-17,20-22H,18-19H2,1-7H3/b25-17-. The highest BCUT2D eigenvalue weighted by molar-refractivity contribution is 6.78. The second-order valence-corrected chi connectivity index (χ2v) is 14.8. The van der Waals surface area contributed by atoms with E-state index >= 15 is 0 Å². The summed E-state index contributed by atoms with van der Waals surface area (Å²) in [5, 5.41) is 0. The smallest absolute Gasteiger partial charge is 0.334 e. The van der Waals surface area contributed by atoms with Crippen LogP contribution in [0.1, 0.15) is 59.1 Å². The van der Waals surface area contributed by atoms with Crippen molar-refractivity contribution in [2.24, 2.45) is 0 Å². The predicted octanol–water partition coefficient (Wildman–Crippen LogP) is 6.93.